The van der Waals surface area contributed by atoms with Crippen molar-refractivity contribution >= 4 is 5.82 Å². The van der Waals surface area contributed by atoms with Crippen LogP contribution >= 0.6 is 0 Å². The number of hydrogen-bond acceptors (Lipinski definition) is 6. The zero-order chi connectivity index (χ0) is 21.7. The molecule has 1 atom stereocenters. The predicted molar refractivity (Wildman–Crippen MR) is 114 cm³/mol. The van der Waals surface area contributed by atoms with E-state index in [1.807, 2.05) is 61.5 Å². The van der Waals surface area contributed by atoms with Crippen molar-refractivity contribution in [3.63, 3.8) is 0 Å². The number of nitro groups is 1. The van der Waals surface area contributed by atoms with E-state index >= 15 is 0 Å². The molecule has 1 unspecified atom stereocenters. The summed E-state index contributed by atoms with van der Waals surface area (Å²) in [6, 6.07) is 18.1. The van der Waals surface area contributed by atoms with Gasteiger partial charge in [-0.1, -0.05) is 42.5 Å². The Morgan fingerprint density at radius 1 is 1.13 bits per heavy atom. The Morgan fingerprint density at radius 2 is 1.87 bits per heavy atom. The number of ether oxygens (including phenoxy) is 3. The van der Waals surface area contributed by atoms with E-state index < -0.39 is 10.5 Å². The highest BCUT2D eigenvalue weighted by molar-refractivity contribution is 5.27. The standard InChI is InChI=1S/C23H25N3O5/c1-23(12-5-13-25-14-21(26(27)28)24-22(25)31-23)17-29-15-19-8-10-20(11-9-19)30-16-18-6-3-2-4-7-18/h2-4,6-11,14H,5,12-13,15-17H2,1H3. The number of imidazole rings is 1. The highest BCUT2D eigenvalue weighted by Gasteiger charge is 2.34. The molecule has 0 aliphatic carbocycles. The van der Waals surface area contributed by atoms with Crippen molar-refractivity contribution in [3.8, 4) is 11.8 Å². The maximum atomic E-state index is 11.0. The van der Waals surface area contributed by atoms with Crippen molar-refractivity contribution in [1.82, 2.24) is 9.55 Å². The summed E-state index contributed by atoms with van der Waals surface area (Å²) in [4.78, 5) is 14.5. The van der Waals surface area contributed by atoms with Gasteiger partial charge in [0.1, 0.15) is 24.2 Å². The number of aryl methyl sites for hydroxylation is 1. The van der Waals surface area contributed by atoms with Crippen LogP contribution in [0.1, 0.15) is 30.9 Å². The molecule has 3 aromatic rings. The van der Waals surface area contributed by atoms with Crippen molar-refractivity contribution in [1.29, 1.82) is 0 Å². The van der Waals surface area contributed by atoms with E-state index in [9.17, 15) is 10.1 Å². The Kier molecular flexibility index (Phi) is 6.18. The number of rotatable bonds is 8. The quantitative estimate of drug-likeness (QED) is 0.391. The van der Waals surface area contributed by atoms with Crippen molar-refractivity contribution in [3.05, 3.63) is 82.0 Å². The maximum absolute atomic E-state index is 11.0. The smallest absolute Gasteiger partial charge is 0.414 e. The molecule has 1 aliphatic heterocycles. The van der Waals surface area contributed by atoms with Crippen molar-refractivity contribution in [2.75, 3.05) is 6.61 Å². The first-order chi connectivity index (χ1) is 15.0. The molecule has 0 bridgehead atoms. The fourth-order valence-corrected chi connectivity index (χ4v) is 3.52. The van der Waals surface area contributed by atoms with Gasteiger partial charge in [-0.2, -0.15) is 0 Å². The minimum atomic E-state index is -0.591. The molecule has 4 rings (SSSR count). The number of benzene rings is 2. The van der Waals surface area contributed by atoms with Gasteiger partial charge in [-0.15, -0.1) is 0 Å². The summed E-state index contributed by atoms with van der Waals surface area (Å²) < 4.78 is 19.4. The highest BCUT2D eigenvalue weighted by atomic mass is 16.6. The highest BCUT2D eigenvalue weighted by Crippen LogP contribution is 2.29. The van der Waals surface area contributed by atoms with Gasteiger partial charge < -0.3 is 24.3 Å². The second-order valence-corrected chi connectivity index (χ2v) is 7.90. The zero-order valence-corrected chi connectivity index (χ0v) is 17.4. The molecule has 31 heavy (non-hydrogen) atoms. The van der Waals surface area contributed by atoms with Gasteiger partial charge in [0.15, 0.2) is 0 Å². The number of nitrogens with zero attached hydrogens (tertiary/aromatic N) is 3. The van der Waals surface area contributed by atoms with Gasteiger partial charge in [-0.3, -0.25) is 4.57 Å². The van der Waals surface area contributed by atoms with Crippen LogP contribution in [0.3, 0.4) is 0 Å². The zero-order valence-electron chi connectivity index (χ0n) is 17.4. The Morgan fingerprint density at radius 3 is 2.61 bits per heavy atom. The lowest BCUT2D eigenvalue weighted by molar-refractivity contribution is -0.389. The van der Waals surface area contributed by atoms with Gasteiger partial charge in [-0.25, -0.2) is 0 Å². The largest absolute Gasteiger partial charge is 0.489 e. The monoisotopic (exact) mass is 423 g/mol. The molecule has 1 aromatic heterocycles. The fraction of sp³-hybridized carbons (Fsp3) is 0.348. The maximum Gasteiger partial charge on any atom is 0.414 e. The van der Waals surface area contributed by atoms with E-state index in [0.29, 0.717) is 26.4 Å². The third kappa shape index (κ3) is 5.40. The van der Waals surface area contributed by atoms with Gasteiger partial charge >= 0.3 is 11.8 Å². The lowest BCUT2D eigenvalue weighted by atomic mass is 10.0. The lowest BCUT2D eigenvalue weighted by Crippen LogP contribution is -2.37. The summed E-state index contributed by atoms with van der Waals surface area (Å²) in [7, 11) is 0. The molecular formula is C23H25N3O5. The molecule has 0 N–H and O–H groups in total. The first-order valence-corrected chi connectivity index (χ1v) is 10.2. The second-order valence-electron chi connectivity index (χ2n) is 7.90. The number of hydrogen-bond donors (Lipinski definition) is 0. The average Bonchev–Trinajstić information content (AvgIpc) is 3.09. The molecular weight excluding hydrogens is 398 g/mol. The minimum absolute atomic E-state index is 0.199. The molecule has 0 saturated carbocycles. The van der Waals surface area contributed by atoms with Gasteiger partial charge in [0.25, 0.3) is 0 Å². The first kappa shape index (κ1) is 20.9. The Hall–Kier alpha value is -3.39. The second kappa shape index (κ2) is 9.18. The van der Waals surface area contributed by atoms with E-state index in [1.165, 1.54) is 6.20 Å². The normalized spacial score (nSPS) is 18.0. The third-order valence-electron chi connectivity index (χ3n) is 5.20. The molecule has 8 heteroatoms. The van der Waals surface area contributed by atoms with Gasteiger partial charge in [0.05, 0.1) is 13.2 Å². The van der Waals surface area contributed by atoms with Crippen LogP contribution in [-0.4, -0.2) is 26.7 Å². The number of aromatic nitrogens is 2. The Balaban J connectivity index is 1.28. The summed E-state index contributed by atoms with van der Waals surface area (Å²) in [6.45, 7) is 3.91. The minimum Gasteiger partial charge on any atom is -0.489 e. The molecule has 0 saturated heterocycles. The van der Waals surface area contributed by atoms with Gasteiger partial charge in [0, 0.05) is 11.5 Å². The van der Waals surface area contributed by atoms with Crippen molar-refractivity contribution < 1.29 is 19.1 Å². The third-order valence-corrected chi connectivity index (χ3v) is 5.20. The summed E-state index contributed by atoms with van der Waals surface area (Å²) >= 11 is 0. The predicted octanol–water partition coefficient (Wildman–Crippen LogP) is 4.52. The molecule has 162 valence electrons. The Bertz CT molecular complexity index is 1020. The van der Waals surface area contributed by atoms with Crippen LogP contribution in [0, 0.1) is 10.1 Å². The van der Waals surface area contributed by atoms with E-state index in [-0.39, 0.29) is 11.8 Å². The molecule has 8 nitrogen and oxygen atoms in total. The summed E-state index contributed by atoms with van der Waals surface area (Å²) in [5.74, 6) is 0.606. The lowest BCUT2D eigenvalue weighted by Gasteiger charge is -2.26. The fourth-order valence-electron chi connectivity index (χ4n) is 3.52. The average molecular weight is 423 g/mol. The topological polar surface area (TPSA) is 88.7 Å². The van der Waals surface area contributed by atoms with E-state index in [0.717, 1.165) is 29.7 Å². The van der Waals surface area contributed by atoms with Crippen LogP contribution < -0.4 is 9.47 Å². The molecule has 1 aliphatic rings. The van der Waals surface area contributed by atoms with Crippen LogP contribution in [0.15, 0.2) is 60.8 Å². The molecule has 0 amide bonds. The van der Waals surface area contributed by atoms with Crippen LogP contribution in [-0.2, 0) is 24.5 Å². The van der Waals surface area contributed by atoms with Crippen LogP contribution in [0.2, 0.25) is 0 Å². The SMILES string of the molecule is CC1(COCc2ccc(OCc3ccccc3)cc2)CCCn2cc([N+](=O)[O-])nc2O1. The van der Waals surface area contributed by atoms with Gasteiger partial charge in [-0.05, 0) is 47.9 Å². The molecule has 2 heterocycles. The van der Waals surface area contributed by atoms with E-state index in [4.69, 9.17) is 14.2 Å². The van der Waals surface area contributed by atoms with Crippen molar-refractivity contribution in [2.24, 2.45) is 0 Å². The first-order valence-electron chi connectivity index (χ1n) is 10.2. The summed E-state index contributed by atoms with van der Waals surface area (Å²) in [6.07, 6.45) is 3.02. The molecule has 0 fully saturated rings. The summed E-state index contributed by atoms with van der Waals surface area (Å²) in [5.41, 5.74) is 1.56. The van der Waals surface area contributed by atoms with Crippen LogP contribution in [0.5, 0.6) is 11.8 Å². The Labute approximate surface area is 180 Å². The molecule has 0 spiro atoms. The number of fused-ring (bicyclic) bond motifs is 1. The van der Waals surface area contributed by atoms with Crippen LogP contribution in [0.25, 0.3) is 0 Å². The van der Waals surface area contributed by atoms with Crippen molar-refractivity contribution in [2.45, 2.75) is 45.1 Å². The summed E-state index contributed by atoms with van der Waals surface area (Å²) in [5, 5.41) is 11.0. The van der Waals surface area contributed by atoms with E-state index in [1.54, 1.807) is 4.57 Å². The van der Waals surface area contributed by atoms with E-state index in [2.05, 4.69) is 4.98 Å². The van der Waals surface area contributed by atoms with Crippen LogP contribution in [0.4, 0.5) is 5.82 Å². The molecule has 2 aromatic carbocycles. The molecule has 0 radical (unpaired) electrons. The van der Waals surface area contributed by atoms with Gasteiger partial charge in [0.2, 0.25) is 0 Å².